The Kier molecular flexibility index (Phi) is 5.62. The number of halogens is 2. The molecule has 8 heteroatoms. The van der Waals surface area contributed by atoms with E-state index >= 15 is 0 Å². The highest BCUT2D eigenvalue weighted by Crippen LogP contribution is 2.39. The van der Waals surface area contributed by atoms with Gasteiger partial charge in [-0.15, -0.1) is 11.3 Å². The summed E-state index contributed by atoms with van der Waals surface area (Å²) < 4.78 is 1.83. The predicted octanol–water partition coefficient (Wildman–Crippen LogP) is 6.85. The lowest BCUT2D eigenvalue weighted by atomic mass is 10.1. The van der Waals surface area contributed by atoms with Crippen molar-refractivity contribution < 1.29 is 14.7 Å². The van der Waals surface area contributed by atoms with Crippen molar-refractivity contribution in [3.8, 4) is 0 Å². The maximum absolute atomic E-state index is 13.5. The number of hydrogen-bond donors (Lipinski definition) is 1. The number of aliphatic imine (C=N–C) groups is 1. The first kappa shape index (κ1) is 21.6. The van der Waals surface area contributed by atoms with Gasteiger partial charge in [-0.3, -0.25) is 9.69 Å². The number of benzene rings is 3. The molecule has 1 aliphatic heterocycles. The van der Waals surface area contributed by atoms with E-state index in [-0.39, 0.29) is 17.2 Å². The van der Waals surface area contributed by atoms with E-state index < -0.39 is 5.97 Å². The van der Waals surface area contributed by atoms with Crippen LogP contribution in [-0.4, -0.2) is 22.8 Å². The van der Waals surface area contributed by atoms with Gasteiger partial charge in [-0.05, 0) is 48.0 Å². The number of carbonyl (C=O) groups is 2. The summed E-state index contributed by atoms with van der Waals surface area (Å²) in [6, 6.07) is 21.5. The average molecular weight is 538 g/mol. The maximum Gasteiger partial charge on any atom is 0.335 e. The number of amides is 1. The molecule has 162 valence electrons. The molecule has 0 unspecified atom stereocenters. The van der Waals surface area contributed by atoms with E-state index in [2.05, 4.69) is 20.9 Å². The lowest BCUT2D eigenvalue weighted by Gasteiger charge is -2.18. The largest absolute Gasteiger partial charge is 0.478 e. The van der Waals surface area contributed by atoms with Gasteiger partial charge in [-0.1, -0.05) is 63.9 Å². The topological polar surface area (TPSA) is 70.0 Å². The first-order valence-corrected chi connectivity index (χ1v) is 11.8. The zero-order valence-corrected chi connectivity index (χ0v) is 20.0. The van der Waals surface area contributed by atoms with Crippen molar-refractivity contribution in [2.24, 2.45) is 4.99 Å². The maximum atomic E-state index is 13.5. The molecule has 0 bridgehead atoms. The van der Waals surface area contributed by atoms with E-state index in [1.165, 1.54) is 23.5 Å². The lowest BCUT2D eigenvalue weighted by Crippen LogP contribution is -2.32. The van der Waals surface area contributed by atoms with Gasteiger partial charge in [0.1, 0.15) is 5.70 Å². The number of carboxylic acids is 1. The Balaban J connectivity index is 1.65. The van der Waals surface area contributed by atoms with Gasteiger partial charge in [-0.2, -0.15) is 0 Å². The second-order valence-electron chi connectivity index (χ2n) is 7.25. The standard InChI is InChI=1S/C25H14BrClN2O3S/c26-16-4-3-5-17(13-16)29-23(22-21(27)18-6-1-2-7-20(18)33-22)28-19(24(29)30)12-14-8-10-15(11-9-14)25(31)32/h1-13H,(H,31,32)/b19-12+. The molecule has 1 aliphatic rings. The van der Waals surface area contributed by atoms with Crippen LogP contribution in [0.5, 0.6) is 0 Å². The first-order valence-electron chi connectivity index (χ1n) is 9.83. The summed E-state index contributed by atoms with van der Waals surface area (Å²) in [4.78, 5) is 31.6. The van der Waals surface area contributed by atoms with Gasteiger partial charge in [0.15, 0.2) is 5.84 Å². The third-order valence-corrected chi connectivity index (χ3v) is 7.29. The molecule has 0 atom stereocenters. The molecule has 0 spiro atoms. The number of carboxylic acid groups (broad SMARTS) is 1. The number of thiophene rings is 1. The Labute approximate surface area is 206 Å². The highest BCUT2D eigenvalue weighted by atomic mass is 79.9. The highest BCUT2D eigenvalue weighted by molar-refractivity contribution is 9.10. The van der Waals surface area contributed by atoms with Crippen molar-refractivity contribution in [3.63, 3.8) is 0 Å². The predicted molar refractivity (Wildman–Crippen MR) is 136 cm³/mol. The Hall–Kier alpha value is -3.26. The number of hydrogen-bond acceptors (Lipinski definition) is 4. The zero-order valence-electron chi connectivity index (χ0n) is 16.8. The van der Waals surface area contributed by atoms with Gasteiger partial charge in [0.2, 0.25) is 0 Å². The van der Waals surface area contributed by atoms with Gasteiger partial charge in [0.25, 0.3) is 5.91 Å². The first-order chi connectivity index (χ1) is 15.9. The van der Waals surface area contributed by atoms with Crippen molar-refractivity contribution in [1.82, 2.24) is 0 Å². The van der Waals surface area contributed by atoms with Crippen LogP contribution < -0.4 is 4.90 Å². The molecule has 0 radical (unpaired) electrons. The Morgan fingerprint density at radius 3 is 2.52 bits per heavy atom. The second kappa shape index (κ2) is 8.59. The molecule has 0 aliphatic carbocycles. The Morgan fingerprint density at radius 1 is 1.06 bits per heavy atom. The summed E-state index contributed by atoms with van der Waals surface area (Å²) in [6.07, 6.45) is 1.65. The summed E-state index contributed by atoms with van der Waals surface area (Å²) in [6.45, 7) is 0. The highest BCUT2D eigenvalue weighted by Gasteiger charge is 2.35. The fourth-order valence-corrected chi connectivity index (χ4v) is 5.44. The third-order valence-electron chi connectivity index (χ3n) is 5.13. The molecule has 4 aromatic rings. The van der Waals surface area contributed by atoms with Crippen LogP contribution in [0.1, 0.15) is 20.8 Å². The van der Waals surface area contributed by atoms with Crippen molar-refractivity contribution in [1.29, 1.82) is 0 Å². The van der Waals surface area contributed by atoms with Crippen LogP contribution in [0.4, 0.5) is 5.69 Å². The SMILES string of the molecule is O=C(O)c1ccc(/C=C2/N=C(c3sc4ccccc4c3Cl)N(c3cccc(Br)c3)C2=O)cc1. The normalized spacial score (nSPS) is 14.8. The number of fused-ring (bicyclic) bond motifs is 1. The van der Waals surface area contributed by atoms with Crippen molar-refractivity contribution in [2.75, 3.05) is 4.90 Å². The van der Waals surface area contributed by atoms with E-state index in [0.29, 0.717) is 27.0 Å². The van der Waals surface area contributed by atoms with E-state index in [0.717, 1.165) is 14.6 Å². The van der Waals surface area contributed by atoms with Gasteiger partial charge in [0.05, 0.1) is 21.2 Å². The van der Waals surface area contributed by atoms with Crippen molar-refractivity contribution in [3.05, 3.63) is 104 Å². The minimum atomic E-state index is -1.01. The van der Waals surface area contributed by atoms with Crippen LogP contribution in [0.15, 0.2) is 88.0 Å². The fraction of sp³-hybridized carbons (Fsp3) is 0. The van der Waals surface area contributed by atoms with Crippen LogP contribution in [-0.2, 0) is 4.79 Å². The van der Waals surface area contributed by atoms with Crippen LogP contribution in [0.3, 0.4) is 0 Å². The van der Waals surface area contributed by atoms with E-state index in [1.807, 2.05) is 48.5 Å². The van der Waals surface area contributed by atoms with Crippen LogP contribution >= 0.6 is 38.9 Å². The van der Waals surface area contributed by atoms with E-state index in [1.54, 1.807) is 23.1 Å². The number of anilines is 1. The van der Waals surface area contributed by atoms with Crippen LogP contribution in [0, 0.1) is 0 Å². The van der Waals surface area contributed by atoms with Gasteiger partial charge in [-0.25, -0.2) is 9.79 Å². The summed E-state index contributed by atoms with van der Waals surface area (Å²) >= 11 is 11.7. The quantitative estimate of drug-likeness (QED) is 0.289. The molecular weight excluding hydrogens is 524 g/mol. The van der Waals surface area contributed by atoms with Crippen molar-refractivity contribution in [2.45, 2.75) is 0 Å². The Morgan fingerprint density at radius 2 is 1.82 bits per heavy atom. The molecule has 1 aromatic heterocycles. The van der Waals surface area contributed by atoms with E-state index in [9.17, 15) is 9.59 Å². The molecule has 5 nitrogen and oxygen atoms in total. The lowest BCUT2D eigenvalue weighted by molar-refractivity contribution is -0.113. The molecule has 3 aromatic carbocycles. The minimum absolute atomic E-state index is 0.173. The summed E-state index contributed by atoms with van der Waals surface area (Å²) in [5.41, 5.74) is 1.74. The molecule has 1 amide bonds. The van der Waals surface area contributed by atoms with Gasteiger partial charge in [0, 0.05) is 14.6 Å². The van der Waals surface area contributed by atoms with Crippen molar-refractivity contribution >= 4 is 78.4 Å². The number of aromatic carboxylic acids is 1. The molecular formula is C25H14BrClN2O3S. The fourth-order valence-electron chi connectivity index (χ4n) is 3.56. The number of amidine groups is 1. The Bertz CT molecular complexity index is 1490. The third kappa shape index (κ3) is 3.99. The molecule has 1 N–H and O–H groups in total. The number of nitrogens with zero attached hydrogens (tertiary/aromatic N) is 2. The molecule has 0 saturated carbocycles. The number of rotatable bonds is 4. The summed E-state index contributed by atoms with van der Waals surface area (Å²) in [5.74, 6) is -0.844. The van der Waals surface area contributed by atoms with Gasteiger partial charge >= 0.3 is 5.97 Å². The number of carbonyl (C=O) groups excluding carboxylic acids is 1. The molecule has 2 heterocycles. The molecule has 0 saturated heterocycles. The van der Waals surface area contributed by atoms with E-state index in [4.69, 9.17) is 16.7 Å². The summed E-state index contributed by atoms with van der Waals surface area (Å²) in [5, 5.41) is 10.6. The second-order valence-corrected chi connectivity index (χ2v) is 9.60. The summed E-state index contributed by atoms with van der Waals surface area (Å²) in [7, 11) is 0. The smallest absolute Gasteiger partial charge is 0.335 e. The van der Waals surface area contributed by atoms with Crippen LogP contribution in [0.25, 0.3) is 16.2 Å². The molecule has 5 rings (SSSR count). The molecule has 0 fully saturated rings. The molecule has 33 heavy (non-hydrogen) atoms. The monoisotopic (exact) mass is 536 g/mol. The average Bonchev–Trinajstić information content (AvgIpc) is 3.31. The minimum Gasteiger partial charge on any atom is -0.478 e. The van der Waals surface area contributed by atoms with Gasteiger partial charge < -0.3 is 5.11 Å². The van der Waals surface area contributed by atoms with Crippen LogP contribution in [0.2, 0.25) is 5.02 Å². The zero-order chi connectivity index (χ0) is 23.1.